The first-order valence-corrected chi connectivity index (χ1v) is 15.6. The summed E-state index contributed by atoms with van der Waals surface area (Å²) in [6.07, 6.45) is -0.267. The fourth-order valence-electron chi connectivity index (χ4n) is 7.60. The largest absolute Gasteiger partial charge is 0.507 e. The Morgan fingerprint density at radius 1 is 1.17 bits per heavy atom. The number of methoxy groups -OCH3 is 2. The second-order valence-corrected chi connectivity index (χ2v) is 12.6. The van der Waals surface area contributed by atoms with Crippen LogP contribution >= 0.6 is 0 Å². The lowest BCUT2D eigenvalue weighted by Crippen LogP contribution is -2.71. The van der Waals surface area contributed by atoms with Crippen molar-refractivity contribution in [2.45, 2.75) is 76.8 Å². The van der Waals surface area contributed by atoms with E-state index in [1.54, 1.807) is 7.11 Å². The number of nitriles is 1. The molecular formula is C34H41N5O9. The molecule has 14 heteroatoms. The molecule has 1 aliphatic carbocycles. The number of likely N-dealkylation sites (N-methyl/N-ethyl adjacent to an activating group) is 1. The molecule has 2 bridgehead atoms. The molecule has 256 valence electrons. The zero-order chi connectivity index (χ0) is 35.2. The number of Topliss-reactive ketones (excluding diaryl/α,β-unsaturated/α-hetero) is 2. The summed E-state index contributed by atoms with van der Waals surface area (Å²) in [5.74, 6) is -1.34. The van der Waals surface area contributed by atoms with Crippen molar-refractivity contribution in [1.29, 1.82) is 5.26 Å². The number of piperazine rings is 1. The Labute approximate surface area is 278 Å². The third-order valence-electron chi connectivity index (χ3n) is 9.65. The first-order valence-electron chi connectivity index (χ1n) is 15.6. The standard InChI is InChI=1S/C34H41N5O9/c1-15(2)48-34(44)37-18(5)33(43)36-13-24-26-20(28(40)17(4)29(41)30(26)42)11-22-27-25-19(10-21(38(27)6)23(12-35)39(22)24)9-16(3)31(46-8)32(25)47-14-45-7/h9,18,21-24,27,40H,1,10-11,13-14H2,2-8H3,(H,36,43)(H,37,44)/t18?,21?,22?,23-,24?,27?/m0/s1. The van der Waals surface area contributed by atoms with Crippen LogP contribution in [0.25, 0.3) is 0 Å². The Balaban J connectivity index is 1.63. The Morgan fingerprint density at radius 3 is 2.50 bits per heavy atom. The summed E-state index contributed by atoms with van der Waals surface area (Å²) in [5, 5.41) is 27.3. The number of ketones is 2. The van der Waals surface area contributed by atoms with E-state index < -0.39 is 53.8 Å². The van der Waals surface area contributed by atoms with Crippen LogP contribution in [0.15, 0.2) is 40.9 Å². The zero-order valence-corrected chi connectivity index (χ0v) is 28.1. The summed E-state index contributed by atoms with van der Waals surface area (Å²) < 4.78 is 22.1. The van der Waals surface area contributed by atoms with Gasteiger partial charge in [-0.3, -0.25) is 24.2 Å². The topological polar surface area (TPSA) is 180 Å². The minimum atomic E-state index is -1.04. The minimum Gasteiger partial charge on any atom is -0.507 e. The van der Waals surface area contributed by atoms with Gasteiger partial charge in [-0.25, -0.2) is 4.79 Å². The summed E-state index contributed by atoms with van der Waals surface area (Å²) in [5.41, 5.74) is 2.94. The molecular weight excluding hydrogens is 622 g/mol. The van der Waals surface area contributed by atoms with Crippen LogP contribution < -0.4 is 20.1 Å². The van der Waals surface area contributed by atoms with Gasteiger partial charge in [-0.1, -0.05) is 12.6 Å². The molecule has 3 heterocycles. The van der Waals surface area contributed by atoms with Gasteiger partial charge in [0.2, 0.25) is 17.5 Å². The maximum atomic E-state index is 13.7. The third kappa shape index (κ3) is 5.72. The number of hydrogen-bond donors (Lipinski definition) is 3. The van der Waals surface area contributed by atoms with Gasteiger partial charge in [0.1, 0.15) is 17.8 Å². The van der Waals surface area contributed by atoms with Crippen LogP contribution in [0.2, 0.25) is 0 Å². The molecule has 6 atom stereocenters. The highest BCUT2D eigenvalue weighted by Gasteiger charge is 2.57. The van der Waals surface area contributed by atoms with Crippen LogP contribution in [0.3, 0.4) is 0 Å². The maximum absolute atomic E-state index is 13.7. The average Bonchev–Trinajstić information content (AvgIpc) is 3.03. The van der Waals surface area contributed by atoms with Crippen molar-refractivity contribution < 1.29 is 43.2 Å². The highest BCUT2D eigenvalue weighted by Crippen LogP contribution is 2.54. The number of benzene rings is 1. The quantitative estimate of drug-likeness (QED) is 0.152. The Bertz CT molecular complexity index is 1690. The summed E-state index contributed by atoms with van der Waals surface area (Å²) in [6.45, 7) is 9.54. The number of nitrogens with one attached hydrogen (secondary N) is 2. The van der Waals surface area contributed by atoms with Crippen molar-refractivity contribution in [3.8, 4) is 17.6 Å². The summed E-state index contributed by atoms with van der Waals surface area (Å²) >= 11 is 0. The predicted octanol–water partition coefficient (Wildman–Crippen LogP) is 2.28. The lowest BCUT2D eigenvalue weighted by molar-refractivity contribution is -0.134. The van der Waals surface area contributed by atoms with E-state index in [-0.39, 0.29) is 48.5 Å². The van der Waals surface area contributed by atoms with Crippen molar-refractivity contribution in [3.63, 3.8) is 0 Å². The number of aliphatic hydroxyl groups is 1. The number of rotatable bonds is 9. The molecule has 1 saturated heterocycles. The van der Waals surface area contributed by atoms with E-state index in [1.165, 1.54) is 27.9 Å². The number of allylic oxidation sites excluding steroid dienone is 3. The molecule has 5 rings (SSSR count). The molecule has 2 amide bonds. The minimum absolute atomic E-state index is 0.0439. The maximum Gasteiger partial charge on any atom is 0.412 e. The van der Waals surface area contributed by atoms with Gasteiger partial charge in [0.05, 0.1) is 31.0 Å². The van der Waals surface area contributed by atoms with Crippen LogP contribution in [0.4, 0.5) is 4.79 Å². The van der Waals surface area contributed by atoms with Crippen LogP contribution in [-0.2, 0) is 30.3 Å². The number of carbonyl (C=O) groups is 4. The fraction of sp³-hybridized carbons (Fsp3) is 0.500. The van der Waals surface area contributed by atoms with E-state index in [9.17, 15) is 29.5 Å². The number of amides is 2. The lowest BCUT2D eigenvalue weighted by atomic mass is 9.70. The summed E-state index contributed by atoms with van der Waals surface area (Å²) in [6, 6.07) is 0.423. The molecule has 48 heavy (non-hydrogen) atoms. The first kappa shape index (κ1) is 34.6. The smallest absolute Gasteiger partial charge is 0.412 e. The Morgan fingerprint density at radius 2 is 1.88 bits per heavy atom. The van der Waals surface area contributed by atoms with E-state index in [0.717, 1.165) is 16.7 Å². The highest BCUT2D eigenvalue weighted by molar-refractivity contribution is 6.50. The van der Waals surface area contributed by atoms with E-state index in [4.69, 9.17) is 18.9 Å². The van der Waals surface area contributed by atoms with E-state index >= 15 is 0 Å². The number of fused-ring (bicyclic) bond motifs is 6. The number of carbonyl (C=O) groups excluding carboxylic acids is 4. The number of aryl methyl sites for hydroxylation is 1. The van der Waals surface area contributed by atoms with Gasteiger partial charge in [0.25, 0.3) is 0 Å². The van der Waals surface area contributed by atoms with Crippen molar-refractivity contribution in [3.05, 3.63) is 57.6 Å². The second-order valence-electron chi connectivity index (χ2n) is 12.6. The summed E-state index contributed by atoms with van der Waals surface area (Å²) in [7, 11) is 5.01. The molecule has 4 aliphatic rings. The molecule has 5 unspecified atom stereocenters. The predicted molar refractivity (Wildman–Crippen MR) is 171 cm³/mol. The van der Waals surface area contributed by atoms with E-state index in [0.29, 0.717) is 23.5 Å². The van der Waals surface area contributed by atoms with Gasteiger partial charge in [-0.05, 0) is 58.7 Å². The second kappa shape index (κ2) is 13.4. The monoisotopic (exact) mass is 663 g/mol. The first-order chi connectivity index (χ1) is 22.8. The number of alkyl carbamates (subject to hydrolysis) is 1. The normalized spacial score (nSPS) is 25.7. The van der Waals surface area contributed by atoms with Gasteiger partial charge >= 0.3 is 6.09 Å². The number of hydrogen-bond acceptors (Lipinski definition) is 12. The Kier molecular flexibility index (Phi) is 9.68. The van der Waals surface area contributed by atoms with Crippen molar-refractivity contribution in [2.24, 2.45) is 0 Å². The molecule has 3 N–H and O–H groups in total. The van der Waals surface area contributed by atoms with Gasteiger partial charge in [0.15, 0.2) is 18.3 Å². The van der Waals surface area contributed by atoms with Gasteiger partial charge in [0, 0.05) is 48.0 Å². The van der Waals surface area contributed by atoms with E-state index in [1.807, 2.05) is 24.9 Å². The molecule has 1 aromatic carbocycles. The van der Waals surface area contributed by atoms with Gasteiger partial charge < -0.3 is 34.7 Å². The number of ether oxygens (including phenoxy) is 4. The lowest BCUT2D eigenvalue weighted by Gasteiger charge is -2.60. The highest BCUT2D eigenvalue weighted by atomic mass is 16.7. The molecule has 0 radical (unpaired) electrons. The van der Waals surface area contributed by atoms with Crippen LogP contribution in [-0.4, -0.2) is 103 Å². The fourth-order valence-corrected chi connectivity index (χ4v) is 7.60. The molecule has 1 aromatic rings. The molecule has 0 aromatic heterocycles. The van der Waals surface area contributed by atoms with Crippen LogP contribution in [0, 0.1) is 18.3 Å². The number of nitrogens with zero attached hydrogens (tertiary/aromatic N) is 3. The van der Waals surface area contributed by atoms with Gasteiger partial charge in [-0.15, -0.1) is 0 Å². The van der Waals surface area contributed by atoms with E-state index in [2.05, 4.69) is 28.2 Å². The Hall–Kier alpha value is -4.71. The van der Waals surface area contributed by atoms with Crippen molar-refractivity contribution in [2.75, 3.05) is 34.6 Å². The average molecular weight is 664 g/mol. The molecule has 3 aliphatic heterocycles. The number of aliphatic hydroxyl groups excluding tert-OH is 1. The molecule has 0 spiro atoms. The zero-order valence-electron chi connectivity index (χ0n) is 28.1. The molecule has 0 saturated carbocycles. The van der Waals surface area contributed by atoms with Crippen molar-refractivity contribution in [1.82, 2.24) is 20.4 Å². The molecule has 1 fully saturated rings. The summed E-state index contributed by atoms with van der Waals surface area (Å²) in [4.78, 5) is 56.1. The van der Waals surface area contributed by atoms with Crippen molar-refractivity contribution >= 4 is 23.6 Å². The third-order valence-corrected chi connectivity index (χ3v) is 9.65. The SMILES string of the molecule is C=C(C)OC(=O)NC(C)C(=O)NCC1C2=C(CC3C4c5c(cc(C)c(OC)c5OCOC)CC([C@H](C#N)N13)N4C)C(O)=C(C)C(=O)C2=O. The van der Waals surface area contributed by atoms with Crippen LogP contribution in [0.5, 0.6) is 11.5 Å². The molecule has 14 nitrogen and oxygen atoms in total. The van der Waals surface area contributed by atoms with Gasteiger partial charge in [-0.2, -0.15) is 5.26 Å². The van der Waals surface area contributed by atoms with Crippen LogP contribution in [0.1, 0.15) is 49.9 Å².